The predicted octanol–water partition coefficient (Wildman–Crippen LogP) is 3.45. The fourth-order valence-electron chi connectivity index (χ4n) is 3.81. The van der Waals surface area contributed by atoms with Gasteiger partial charge < -0.3 is 24.3 Å². The molecule has 0 aliphatic carbocycles. The molecule has 0 aliphatic rings. The van der Waals surface area contributed by atoms with Crippen LogP contribution in [0.2, 0.25) is 0 Å². The highest BCUT2D eigenvalue weighted by atomic mass is 16.6. The number of hydrogen-bond acceptors (Lipinski definition) is 9. The van der Waals surface area contributed by atoms with E-state index in [4.69, 9.17) is 13.9 Å². The number of aryl methyl sites for hydroxylation is 2. The maximum Gasteiger partial charge on any atom is 0.349 e. The number of carbonyl (C=O) groups excluding carboxylic acids is 5. The maximum atomic E-state index is 13.2. The molecule has 3 aromatic carbocycles. The van der Waals surface area contributed by atoms with Crippen LogP contribution in [-0.4, -0.2) is 52.9 Å². The third-order valence-electron chi connectivity index (χ3n) is 6.27. The summed E-state index contributed by atoms with van der Waals surface area (Å²) in [6, 6.07) is 20.6. The van der Waals surface area contributed by atoms with Crippen LogP contribution in [0, 0.1) is 13.8 Å². The second kappa shape index (κ2) is 14.3. The molecule has 4 rings (SSSR count). The number of carbonyl (C=O) groups is 6. The molecule has 45 heavy (non-hydrogen) atoms. The number of amides is 3. The van der Waals surface area contributed by atoms with E-state index in [1.165, 1.54) is 60.9 Å². The summed E-state index contributed by atoms with van der Waals surface area (Å²) in [6.45, 7) is 3.56. The molecule has 4 N–H and O–H groups in total. The van der Waals surface area contributed by atoms with Gasteiger partial charge in [0.05, 0.1) is 17.4 Å². The van der Waals surface area contributed by atoms with Gasteiger partial charge in [0.2, 0.25) is 12.2 Å². The Labute approximate surface area is 256 Å². The van der Waals surface area contributed by atoms with E-state index in [1.54, 1.807) is 44.2 Å². The predicted molar refractivity (Wildman–Crippen MR) is 157 cm³/mol. The third-order valence-corrected chi connectivity index (χ3v) is 6.27. The quantitative estimate of drug-likeness (QED) is 0.152. The van der Waals surface area contributed by atoms with E-state index in [0.29, 0.717) is 5.69 Å². The standard InChI is InChI=1S/C32H27N3O10/c1-18-5-9-21(10-6-18)31(41)44-25(26(30(39)40)45-32(42)22-11-7-19(2)8-12-22)29(38)35-34-27(36)20-13-15-23(16-14-20)33-28(37)24-4-3-17-43-24/h3-17,25-26H,1-2H3,(H,33,37)(H,34,36)(H,35,38)(H,39,40)/t25-,26-/m0/s1. The van der Waals surface area contributed by atoms with Gasteiger partial charge in [-0.05, 0) is 74.5 Å². The molecule has 1 aromatic heterocycles. The van der Waals surface area contributed by atoms with Gasteiger partial charge in [0.25, 0.3) is 17.7 Å². The van der Waals surface area contributed by atoms with Crippen LogP contribution in [0.3, 0.4) is 0 Å². The number of carboxylic acid groups (broad SMARTS) is 1. The van der Waals surface area contributed by atoms with Crippen LogP contribution in [0.4, 0.5) is 5.69 Å². The molecule has 0 bridgehead atoms. The molecule has 0 spiro atoms. The highest BCUT2D eigenvalue weighted by molar-refractivity contribution is 6.03. The lowest BCUT2D eigenvalue weighted by molar-refractivity contribution is -0.159. The summed E-state index contributed by atoms with van der Waals surface area (Å²) in [5, 5.41) is 12.5. The largest absolute Gasteiger partial charge is 0.478 e. The second-order valence-electron chi connectivity index (χ2n) is 9.67. The molecular formula is C32H27N3O10. The van der Waals surface area contributed by atoms with Crippen molar-refractivity contribution >= 4 is 41.3 Å². The van der Waals surface area contributed by atoms with Gasteiger partial charge in [-0.3, -0.25) is 25.2 Å². The van der Waals surface area contributed by atoms with E-state index < -0.39 is 47.8 Å². The summed E-state index contributed by atoms with van der Waals surface area (Å²) in [7, 11) is 0. The number of rotatable bonds is 10. The van der Waals surface area contributed by atoms with Crippen molar-refractivity contribution in [3.63, 3.8) is 0 Å². The zero-order chi connectivity index (χ0) is 32.5. The number of furan rings is 1. The Morgan fingerprint density at radius 3 is 1.64 bits per heavy atom. The van der Waals surface area contributed by atoms with E-state index in [0.717, 1.165) is 11.1 Å². The van der Waals surface area contributed by atoms with Crippen LogP contribution in [0.5, 0.6) is 0 Å². The molecule has 13 heteroatoms. The van der Waals surface area contributed by atoms with Gasteiger partial charge in [0.1, 0.15) is 0 Å². The lowest BCUT2D eigenvalue weighted by Crippen LogP contribution is -2.54. The Balaban J connectivity index is 1.48. The fourth-order valence-corrected chi connectivity index (χ4v) is 3.81. The first kappa shape index (κ1) is 31.7. The van der Waals surface area contributed by atoms with Gasteiger partial charge >= 0.3 is 17.9 Å². The smallest absolute Gasteiger partial charge is 0.349 e. The van der Waals surface area contributed by atoms with Crippen molar-refractivity contribution in [2.45, 2.75) is 26.1 Å². The first-order chi connectivity index (χ1) is 21.5. The van der Waals surface area contributed by atoms with E-state index in [2.05, 4.69) is 10.7 Å². The summed E-state index contributed by atoms with van der Waals surface area (Å²) in [5.74, 6) is -6.50. The highest BCUT2D eigenvalue weighted by Crippen LogP contribution is 2.15. The van der Waals surface area contributed by atoms with Gasteiger partial charge in [0, 0.05) is 11.3 Å². The zero-order valence-corrected chi connectivity index (χ0v) is 23.9. The lowest BCUT2D eigenvalue weighted by atomic mass is 10.1. The van der Waals surface area contributed by atoms with Gasteiger partial charge in [-0.15, -0.1) is 0 Å². The number of esters is 2. The molecule has 3 amide bonds. The normalized spacial score (nSPS) is 11.8. The van der Waals surface area contributed by atoms with Crippen molar-refractivity contribution in [3.05, 3.63) is 125 Å². The van der Waals surface area contributed by atoms with Crippen LogP contribution in [0.15, 0.2) is 95.6 Å². The molecule has 0 radical (unpaired) electrons. The number of hydrogen-bond donors (Lipinski definition) is 4. The first-order valence-corrected chi connectivity index (χ1v) is 13.3. The SMILES string of the molecule is Cc1ccc(C(=O)O[C@H](C(=O)O)[C@H](OC(=O)c2ccc(C)cc2)C(=O)NNC(=O)c2ccc(NC(=O)c3ccco3)cc2)cc1. The van der Waals surface area contributed by atoms with Crippen molar-refractivity contribution in [1.29, 1.82) is 0 Å². The molecule has 0 fully saturated rings. The molecule has 0 aliphatic heterocycles. The molecule has 1 heterocycles. The number of ether oxygens (including phenoxy) is 2. The Bertz CT molecular complexity index is 1700. The number of nitrogens with one attached hydrogen (secondary N) is 3. The number of benzene rings is 3. The molecule has 230 valence electrons. The van der Waals surface area contributed by atoms with Crippen molar-refractivity contribution in [1.82, 2.24) is 10.9 Å². The minimum absolute atomic E-state index is 0.00402. The number of anilines is 1. The second-order valence-corrected chi connectivity index (χ2v) is 9.67. The van der Waals surface area contributed by atoms with Gasteiger partial charge in [-0.2, -0.15) is 0 Å². The average molecular weight is 614 g/mol. The van der Waals surface area contributed by atoms with Gasteiger partial charge in [-0.25, -0.2) is 14.4 Å². The minimum Gasteiger partial charge on any atom is -0.478 e. The first-order valence-electron chi connectivity index (χ1n) is 13.3. The Morgan fingerprint density at radius 2 is 1.16 bits per heavy atom. The molecule has 0 saturated carbocycles. The molecule has 0 saturated heterocycles. The topological polar surface area (TPSA) is 190 Å². The number of aliphatic carboxylic acids is 1. The minimum atomic E-state index is -2.29. The summed E-state index contributed by atoms with van der Waals surface area (Å²) in [4.78, 5) is 75.9. The Kier molecular flexibility index (Phi) is 10.1. The highest BCUT2D eigenvalue weighted by Gasteiger charge is 2.41. The van der Waals surface area contributed by atoms with Crippen LogP contribution < -0.4 is 16.2 Å². The molecular weight excluding hydrogens is 586 g/mol. The van der Waals surface area contributed by atoms with E-state index in [1.807, 2.05) is 5.43 Å². The average Bonchev–Trinajstić information content (AvgIpc) is 3.58. The van der Waals surface area contributed by atoms with E-state index in [9.17, 15) is 33.9 Å². The number of hydrazine groups is 1. The van der Waals surface area contributed by atoms with Crippen LogP contribution in [0.1, 0.15) is 52.8 Å². The van der Waals surface area contributed by atoms with Gasteiger partial charge in [0.15, 0.2) is 5.76 Å². The van der Waals surface area contributed by atoms with Crippen molar-refractivity contribution in [2.24, 2.45) is 0 Å². The van der Waals surface area contributed by atoms with Crippen molar-refractivity contribution in [2.75, 3.05) is 5.32 Å². The van der Waals surface area contributed by atoms with E-state index >= 15 is 0 Å². The lowest BCUT2D eigenvalue weighted by Gasteiger charge is -2.23. The van der Waals surface area contributed by atoms with Crippen LogP contribution in [-0.2, 0) is 19.1 Å². The Hall–Kier alpha value is -6.24. The fraction of sp³-hybridized carbons (Fsp3) is 0.125. The maximum absolute atomic E-state index is 13.2. The van der Waals surface area contributed by atoms with E-state index in [-0.39, 0.29) is 22.5 Å². The Morgan fingerprint density at radius 1 is 0.644 bits per heavy atom. The van der Waals surface area contributed by atoms with Crippen LogP contribution >= 0.6 is 0 Å². The molecule has 0 unspecified atom stereocenters. The number of carboxylic acids is 1. The molecule has 2 atom stereocenters. The van der Waals surface area contributed by atoms with Crippen molar-refractivity contribution < 1.29 is 47.8 Å². The summed E-state index contributed by atoms with van der Waals surface area (Å²) < 4.78 is 15.4. The zero-order valence-electron chi connectivity index (χ0n) is 23.9. The van der Waals surface area contributed by atoms with Gasteiger partial charge in [-0.1, -0.05) is 35.4 Å². The van der Waals surface area contributed by atoms with Crippen molar-refractivity contribution in [3.8, 4) is 0 Å². The summed E-state index contributed by atoms with van der Waals surface area (Å²) in [6.07, 6.45) is -3.16. The summed E-state index contributed by atoms with van der Waals surface area (Å²) in [5.41, 5.74) is 6.15. The third kappa shape index (κ3) is 8.41. The summed E-state index contributed by atoms with van der Waals surface area (Å²) >= 11 is 0. The molecule has 13 nitrogen and oxygen atoms in total. The molecule has 4 aromatic rings. The van der Waals surface area contributed by atoms with Crippen LogP contribution in [0.25, 0.3) is 0 Å². The monoisotopic (exact) mass is 613 g/mol.